The van der Waals surface area contributed by atoms with Crippen molar-refractivity contribution < 1.29 is 0 Å². The SMILES string of the molecule is C.CC1(C)c2ccccc2-c2cc(Br)ccc21.CC1(C)c2ccccc2-c2cc(Nc3ccc4sc5ccccc5c4c3)ccc21.Nc1ccc2sc3ccccc3c2c1. The van der Waals surface area contributed by atoms with Crippen LogP contribution in [0.15, 0.2) is 174 Å². The number of hydrogen-bond acceptors (Lipinski definition) is 4. The Kier molecular flexibility index (Phi) is 10.2. The number of nitrogens with one attached hydrogen (secondary N) is 1. The summed E-state index contributed by atoms with van der Waals surface area (Å²) in [6.45, 7) is 9.23. The molecule has 0 saturated carbocycles. The molecule has 60 heavy (non-hydrogen) atoms. The highest BCUT2D eigenvalue weighted by Gasteiger charge is 2.36. The largest absolute Gasteiger partial charge is 0.399 e. The van der Waals surface area contributed by atoms with Gasteiger partial charge in [0.05, 0.1) is 0 Å². The summed E-state index contributed by atoms with van der Waals surface area (Å²) >= 11 is 7.23. The molecule has 2 aliphatic rings. The average molecular weight is 880 g/mol. The molecule has 2 aromatic heterocycles. The van der Waals surface area contributed by atoms with Crippen LogP contribution in [0, 0.1) is 0 Å². The third kappa shape index (κ3) is 6.79. The molecule has 0 aliphatic heterocycles. The maximum Gasteiger partial charge on any atom is 0.0391 e. The van der Waals surface area contributed by atoms with E-state index in [1.165, 1.54) is 84.9 Å². The van der Waals surface area contributed by atoms with Gasteiger partial charge in [0.1, 0.15) is 0 Å². The van der Waals surface area contributed by atoms with Crippen molar-refractivity contribution in [1.82, 2.24) is 0 Å². The first-order valence-corrected chi connectivity index (χ1v) is 22.5. The van der Waals surface area contributed by atoms with Gasteiger partial charge < -0.3 is 11.1 Å². The molecular formula is C55H47BrN2S2. The van der Waals surface area contributed by atoms with Crippen LogP contribution in [-0.4, -0.2) is 0 Å². The Morgan fingerprint density at radius 1 is 0.417 bits per heavy atom. The molecule has 0 bridgehead atoms. The smallest absolute Gasteiger partial charge is 0.0391 e. The molecule has 2 aliphatic carbocycles. The van der Waals surface area contributed by atoms with E-state index in [0.717, 1.165) is 21.5 Å². The zero-order chi connectivity index (χ0) is 40.5. The Balaban J connectivity index is 0.000000126. The summed E-state index contributed by atoms with van der Waals surface area (Å²) in [7, 11) is 0. The van der Waals surface area contributed by atoms with E-state index in [4.69, 9.17) is 5.73 Å². The van der Waals surface area contributed by atoms with Gasteiger partial charge in [-0.15, -0.1) is 22.7 Å². The number of thiophene rings is 2. The van der Waals surface area contributed by atoms with Gasteiger partial charge in [0.2, 0.25) is 0 Å². The normalized spacial score (nSPS) is 13.6. The van der Waals surface area contributed by atoms with Crippen LogP contribution in [0.25, 0.3) is 62.6 Å². The lowest BCUT2D eigenvalue weighted by molar-refractivity contribution is 0.660. The zero-order valence-corrected chi connectivity index (χ0v) is 36.7. The number of rotatable bonds is 2. The quantitative estimate of drug-likeness (QED) is 0.170. The summed E-state index contributed by atoms with van der Waals surface area (Å²) in [6, 6.07) is 60.8. The lowest BCUT2D eigenvalue weighted by Crippen LogP contribution is -2.14. The lowest BCUT2D eigenvalue weighted by atomic mass is 9.82. The molecule has 0 spiro atoms. The third-order valence-electron chi connectivity index (χ3n) is 12.2. The van der Waals surface area contributed by atoms with Gasteiger partial charge in [0, 0.05) is 72.7 Å². The van der Waals surface area contributed by atoms with E-state index in [0.29, 0.717) is 0 Å². The number of hydrogen-bond donors (Lipinski definition) is 2. The van der Waals surface area contributed by atoms with E-state index < -0.39 is 0 Å². The summed E-state index contributed by atoms with van der Waals surface area (Å²) in [4.78, 5) is 0. The van der Waals surface area contributed by atoms with Crippen molar-refractivity contribution in [2.45, 2.75) is 46.0 Å². The molecule has 12 rings (SSSR count). The second-order valence-electron chi connectivity index (χ2n) is 16.6. The Labute approximate surface area is 369 Å². The first-order chi connectivity index (χ1) is 28.6. The maximum absolute atomic E-state index is 5.78. The Bertz CT molecular complexity index is 3240. The highest BCUT2D eigenvalue weighted by molar-refractivity contribution is 9.10. The van der Waals surface area contributed by atoms with E-state index >= 15 is 0 Å². The van der Waals surface area contributed by atoms with E-state index in [-0.39, 0.29) is 18.3 Å². The predicted molar refractivity (Wildman–Crippen MR) is 269 cm³/mol. The fraction of sp³-hybridized carbons (Fsp3) is 0.127. The summed E-state index contributed by atoms with van der Waals surface area (Å²) in [5.41, 5.74) is 20.2. The van der Waals surface area contributed by atoms with Crippen LogP contribution in [-0.2, 0) is 10.8 Å². The van der Waals surface area contributed by atoms with Crippen molar-refractivity contribution >= 4 is 96.0 Å². The van der Waals surface area contributed by atoms with Gasteiger partial charge in [-0.2, -0.15) is 0 Å². The van der Waals surface area contributed by atoms with Crippen LogP contribution >= 0.6 is 38.6 Å². The minimum atomic E-state index is 0. The summed E-state index contributed by atoms with van der Waals surface area (Å²) in [5, 5.41) is 8.87. The van der Waals surface area contributed by atoms with Crippen LogP contribution < -0.4 is 11.1 Å². The predicted octanol–water partition coefficient (Wildman–Crippen LogP) is 17.1. The maximum atomic E-state index is 5.78. The molecule has 0 atom stereocenters. The van der Waals surface area contributed by atoms with Crippen molar-refractivity contribution in [3.8, 4) is 22.3 Å². The van der Waals surface area contributed by atoms with Crippen LogP contribution in [0.5, 0.6) is 0 Å². The topological polar surface area (TPSA) is 38.0 Å². The molecule has 3 N–H and O–H groups in total. The van der Waals surface area contributed by atoms with Gasteiger partial charge in [0.15, 0.2) is 0 Å². The average Bonchev–Trinajstić information content (AvgIpc) is 3.93. The van der Waals surface area contributed by atoms with E-state index in [9.17, 15) is 0 Å². The third-order valence-corrected chi connectivity index (χ3v) is 15.0. The van der Waals surface area contributed by atoms with Crippen molar-refractivity contribution in [3.63, 3.8) is 0 Å². The van der Waals surface area contributed by atoms with E-state index in [1.807, 2.05) is 34.8 Å². The zero-order valence-electron chi connectivity index (χ0n) is 33.4. The monoisotopic (exact) mass is 878 g/mol. The van der Waals surface area contributed by atoms with Gasteiger partial charge in [-0.3, -0.25) is 0 Å². The van der Waals surface area contributed by atoms with E-state index in [2.05, 4.69) is 207 Å². The van der Waals surface area contributed by atoms with Crippen LogP contribution in [0.2, 0.25) is 0 Å². The molecule has 10 aromatic rings. The van der Waals surface area contributed by atoms with Crippen LogP contribution in [0.1, 0.15) is 57.4 Å². The first kappa shape index (κ1) is 39.7. The fourth-order valence-corrected chi connectivity index (χ4v) is 11.7. The van der Waals surface area contributed by atoms with Gasteiger partial charge in [0.25, 0.3) is 0 Å². The van der Waals surface area contributed by atoms with Crippen molar-refractivity contribution in [3.05, 3.63) is 197 Å². The van der Waals surface area contributed by atoms with Gasteiger partial charge in [-0.1, -0.05) is 148 Å². The van der Waals surface area contributed by atoms with Crippen LogP contribution in [0.4, 0.5) is 17.1 Å². The summed E-state index contributed by atoms with van der Waals surface area (Å²) in [6.07, 6.45) is 0. The van der Waals surface area contributed by atoms with Crippen LogP contribution in [0.3, 0.4) is 0 Å². The molecule has 296 valence electrons. The fourth-order valence-electron chi connectivity index (χ4n) is 9.20. The minimum Gasteiger partial charge on any atom is -0.399 e. The summed E-state index contributed by atoms with van der Waals surface area (Å²) < 4.78 is 6.46. The number of benzene rings is 8. The molecule has 0 unspecified atom stereocenters. The second-order valence-corrected chi connectivity index (χ2v) is 19.7. The molecule has 2 heterocycles. The molecule has 8 aromatic carbocycles. The Hall–Kier alpha value is -5.72. The van der Waals surface area contributed by atoms with Crippen molar-refractivity contribution in [1.29, 1.82) is 0 Å². The number of fused-ring (bicyclic) bond motifs is 12. The van der Waals surface area contributed by atoms with Gasteiger partial charge in [-0.25, -0.2) is 0 Å². The number of nitrogen functional groups attached to an aromatic ring is 1. The highest BCUT2D eigenvalue weighted by atomic mass is 79.9. The minimum absolute atomic E-state index is 0. The number of anilines is 3. The molecule has 0 amide bonds. The number of nitrogens with two attached hydrogens (primary N) is 1. The van der Waals surface area contributed by atoms with Gasteiger partial charge >= 0.3 is 0 Å². The standard InChI is InChI=1S/C27H21NS.C15H13Br.C12H9NS.CH4/c1-27(2)23-9-5-3-7-19(23)21-15-17(11-13-24(21)27)28-18-12-14-26-22(16-18)20-8-4-6-10-25(20)29-26;1-15(2)13-6-4-3-5-11(13)12-9-10(16)7-8-14(12)15;13-8-5-6-12-10(7-8)9-3-1-2-4-11(9)14-12;/h3-16,28H,1-2H3;3-9H,1-2H3;1-7H,13H2;1H4. The number of halogens is 1. The van der Waals surface area contributed by atoms with Crippen molar-refractivity contribution in [2.24, 2.45) is 0 Å². The first-order valence-electron chi connectivity index (χ1n) is 20.1. The summed E-state index contributed by atoms with van der Waals surface area (Å²) in [5.74, 6) is 0. The molecular weight excluding hydrogens is 833 g/mol. The highest BCUT2D eigenvalue weighted by Crippen LogP contribution is 2.50. The second kappa shape index (κ2) is 15.4. The Morgan fingerprint density at radius 2 is 0.850 bits per heavy atom. The Morgan fingerprint density at radius 3 is 1.47 bits per heavy atom. The molecule has 0 radical (unpaired) electrons. The molecule has 5 heteroatoms. The molecule has 0 fully saturated rings. The lowest BCUT2D eigenvalue weighted by Gasteiger charge is -2.21. The van der Waals surface area contributed by atoms with Crippen molar-refractivity contribution in [2.75, 3.05) is 11.1 Å². The van der Waals surface area contributed by atoms with Gasteiger partial charge in [-0.05, 0) is 117 Å². The van der Waals surface area contributed by atoms with E-state index in [1.54, 1.807) is 0 Å². The molecule has 0 saturated heterocycles. The molecule has 2 nitrogen and oxygen atoms in total.